The summed E-state index contributed by atoms with van der Waals surface area (Å²) in [6.07, 6.45) is 8.72. The van der Waals surface area contributed by atoms with Crippen LogP contribution in [-0.2, 0) is 4.79 Å². The number of carbonyl (C=O) groups is 1. The molecular weight excluding hydrogens is 312 g/mol. The van der Waals surface area contributed by atoms with Gasteiger partial charge in [0.1, 0.15) is 0 Å². The molecule has 2 fully saturated rings. The van der Waals surface area contributed by atoms with Crippen LogP contribution in [0.25, 0.3) is 0 Å². The molecule has 1 heterocycles. The van der Waals surface area contributed by atoms with Crippen molar-refractivity contribution in [2.24, 2.45) is 5.92 Å². The first-order chi connectivity index (χ1) is 9.54. The third kappa shape index (κ3) is 5.07. The van der Waals surface area contributed by atoms with Crippen molar-refractivity contribution in [3.8, 4) is 0 Å². The standard InChI is InChI=1S/C17H32N2O.2H2S/c1-5-8-12(2)18-14(4)17(20)19-13(3)11-15-9-6-7-10-16(15)19;;/h12-16,18H,5-11H2,1-4H3;2*1H2/t12-,13-,14+,15+,16+;;/m1../s1. The Kier molecular flexibility index (Phi) is 10.1. The molecule has 1 saturated heterocycles. The van der Waals surface area contributed by atoms with Crippen molar-refractivity contribution in [3.63, 3.8) is 0 Å². The zero-order chi connectivity index (χ0) is 14.7. The topological polar surface area (TPSA) is 32.3 Å². The van der Waals surface area contributed by atoms with Crippen molar-refractivity contribution < 1.29 is 4.79 Å². The molecule has 0 unspecified atom stereocenters. The molecule has 1 aliphatic carbocycles. The zero-order valence-electron chi connectivity index (χ0n) is 14.7. The Labute approximate surface area is 150 Å². The third-order valence-corrected chi connectivity index (χ3v) is 5.23. The number of likely N-dealkylation sites (tertiary alicyclic amines) is 1. The van der Waals surface area contributed by atoms with Crippen molar-refractivity contribution >= 4 is 32.9 Å². The first kappa shape index (κ1) is 22.1. The van der Waals surface area contributed by atoms with Gasteiger partial charge in [0.15, 0.2) is 0 Å². The molecule has 1 N–H and O–H groups in total. The number of carbonyl (C=O) groups excluding carboxylic acids is 1. The summed E-state index contributed by atoms with van der Waals surface area (Å²) in [6, 6.07) is 1.34. The first-order valence-corrected chi connectivity index (χ1v) is 8.62. The van der Waals surface area contributed by atoms with Crippen molar-refractivity contribution in [2.75, 3.05) is 0 Å². The number of rotatable bonds is 5. The molecule has 1 amide bonds. The van der Waals surface area contributed by atoms with Gasteiger partial charge < -0.3 is 10.2 Å². The quantitative estimate of drug-likeness (QED) is 0.824. The molecule has 0 bridgehead atoms. The maximum absolute atomic E-state index is 12.8. The van der Waals surface area contributed by atoms with E-state index in [1.165, 1.54) is 38.5 Å². The fourth-order valence-electron chi connectivity index (χ4n) is 4.33. The van der Waals surface area contributed by atoms with Gasteiger partial charge in [-0.05, 0) is 52.4 Å². The highest BCUT2D eigenvalue weighted by Crippen LogP contribution is 2.39. The Morgan fingerprint density at radius 2 is 1.86 bits per heavy atom. The van der Waals surface area contributed by atoms with Crippen LogP contribution in [0, 0.1) is 5.92 Å². The lowest BCUT2D eigenvalue weighted by molar-refractivity contribution is -0.136. The van der Waals surface area contributed by atoms with Gasteiger partial charge in [0.2, 0.25) is 5.91 Å². The number of nitrogens with zero attached hydrogens (tertiary/aromatic N) is 1. The second-order valence-corrected chi connectivity index (χ2v) is 7.02. The normalized spacial score (nSPS) is 29.8. The van der Waals surface area contributed by atoms with E-state index < -0.39 is 0 Å². The summed E-state index contributed by atoms with van der Waals surface area (Å²) in [4.78, 5) is 15.0. The first-order valence-electron chi connectivity index (χ1n) is 8.62. The van der Waals surface area contributed by atoms with E-state index in [9.17, 15) is 4.79 Å². The van der Waals surface area contributed by atoms with Crippen molar-refractivity contribution in [1.82, 2.24) is 10.2 Å². The Bertz CT molecular complexity index is 341. The number of amides is 1. The van der Waals surface area contributed by atoms with Crippen LogP contribution < -0.4 is 5.32 Å². The highest BCUT2D eigenvalue weighted by Gasteiger charge is 2.43. The number of hydrogen-bond donors (Lipinski definition) is 1. The molecule has 0 radical (unpaired) electrons. The summed E-state index contributed by atoms with van der Waals surface area (Å²) >= 11 is 0. The molecule has 0 aromatic carbocycles. The largest absolute Gasteiger partial charge is 0.335 e. The molecule has 22 heavy (non-hydrogen) atoms. The van der Waals surface area contributed by atoms with Crippen LogP contribution in [0.3, 0.4) is 0 Å². The van der Waals surface area contributed by atoms with Gasteiger partial charge in [0.05, 0.1) is 6.04 Å². The molecule has 2 aliphatic rings. The summed E-state index contributed by atoms with van der Waals surface area (Å²) in [5.41, 5.74) is 0. The number of hydrogen-bond acceptors (Lipinski definition) is 2. The Morgan fingerprint density at radius 1 is 1.23 bits per heavy atom. The Balaban J connectivity index is 0.00000220. The van der Waals surface area contributed by atoms with Gasteiger partial charge in [-0.25, -0.2) is 0 Å². The average Bonchev–Trinajstić information content (AvgIpc) is 2.73. The van der Waals surface area contributed by atoms with Crippen molar-refractivity contribution in [1.29, 1.82) is 0 Å². The van der Waals surface area contributed by atoms with E-state index in [0.29, 0.717) is 24.0 Å². The smallest absolute Gasteiger partial charge is 0.239 e. The summed E-state index contributed by atoms with van der Waals surface area (Å²) in [7, 11) is 0. The van der Waals surface area contributed by atoms with Gasteiger partial charge in [-0.1, -0.05) is 26.2 Å². The predicted molar refractivity (Wildman–Crippen MR) is 104 cm³/mol. The number of fused-ring (bicyclic) bond motifs is 1. The van der Waals surface area contributed by atoms with E-state index in [4.69, 9.17) is 0 Å². The minimum atomic E-state index is -0.0420. The fraction of sp³-hybridized carbons (Fsp3) is 0.941. The average molecular weight is 349 g/mol. The molecule has 0 aromatic rings. The van der Waals surface area contributed by atoms with E-state index >= 15 is 0 Å². The maximum Gasteiger partial charge on any atom is 0.239 e. The summed E-state index contributed by atoms with van der Waals surface area (Å²) in [5, 5.41) is 3.48. The van der Waals surface area contributed by atoms with Gasteiger partial charge in [-0.3, -0.25) is 4.79 Å². The molecule has 0 aromatic heterocycles. The van der Waals surface area contributed by atoms with Gasteiger partial charge in [-0.15, -0.1) is 0 Å². The molecule has 5 heteroatoms. The second kappa shape index (κ2) is 10.1. The van der Waals surface area contributed by atoms with Crippen molar-refractivity contribution in [2.45, 2.75) is 96.8 Å². The van der Waals surface area contributed by atoms with Crippen LogP contribution in [0.4, 0.5) is 0 Å². The van der Waals surface area contributed by atoms with E-state index in [-0.39, 0.29) is 33.0 Å². The second-order valence-electron chi connectivity index (χ2n) is 7.02. The molecule has 2 rings (SSSR count). The zero-order valence-corrected chi connectivity index (χ0v) is 16.7. The lowest BCUT2D eigenvalue weighted by atomic mass is 9.85. The van der Waals surface area contributed by atoms with Crippen molar-refractivity contribution in [3.05, 3.63) is 0 Å². The summed E-state index contributed by atoms with van der Waals surface area (Å²) < 4.78 is 0. The van der Waals surface area contributed by atoms with Gasteiger partial charge in [0.25, 0.3) is 0 Å². The Morgan fingerprint density at radius 3 is 2.50 bits per heavy atom. The number of nitrogens with one attached hydrogen (secondary N) is 1. The molecule has 3 nitrogen and oxygen atoms in total. The van der Waals surface area contributed by atoms with Crippen LogP contribution in [0.5, 0.6) is 0 Å². The van der Waals surface area contributed by atoms with E-state index in [0.717, 1.165) is 12.3 Å². The molecule has 0 spiro atoms. The van der Waals surface area contributed by atoms with Gasteiger partial charge in [0, 0.05) is 18.1 Å². The van der Waals surface area contributed by atoms with Crippen LogP contribution >= 0.6 is 27.0 Å². The van der Waals surface area contributed by atoms with E-state index in [1.54, 1.807) is 0 Å². The van der Waals surface area contributed by atoms with E-state index in [2.05, 4.69) is 31.0 Å². The van der Waals surface area contributed by atoms with Crippen LogP contribution in [0.1, 0.15) is 72.6 Å². The lowest BCUT2D eigenvalue weighted by Gasteiger charge is -2.35. The minimum absolute atomic E-state index is 0. The monoisotopic (exact) mass is 348 g/mol. The Hall–Kier alpha value is 0.130. The van der Waals surface area contributed by atoms with Crippen LogP contribution in [0.2, 0.25) is 0 Å². The molecule has 1 saturated carbocycles. The fourth-order valence-corrected chi connectivity index (χ4v) is 4.33. The maximum atomic E-state index is 12.8. The lowest BCUT2D eigenvalue weighted by Crippen LogP contribution is -2.52. The predicted octanol–water partition coefficient (Wildman–Crippen LogP) is 3.56. The molecule has 5 atom stereocenters. The minimum Gasteiger partial charge on any atom is -0.335 e. The van der Waals surface area contributed by atoms with Gasteiger partial charge in [-0.2, -0.15) is 27.0 Å². The summed E-state index contributed by atoms with van der Waals surface area (Å²) in [5.74, 6) is 1.10. The van der Waals surface area contributed by atoms with Gasteiger partial charge >= 0.3 is 0 Å². The highest BCUT2D eigenvalue weighted by molar-refractivity contribution is 7.59. The highest BCUT2D eigenvalue weighted by atomic mass is 32.1. The van der Waals surface area contributed by atoms with Crippen LogP contribution in [-0.4, -0.2) is 35.0 Å². The molecule has 1 aliphatic heterocycles. The van der Waals surface area contributed by atoms with E-state index in [1.807, 2.05) is 6.92 Å². The van der Waals surface area contributed by atoms with Crippen LogP contribution in [0.15, 0.2) is 0 Å². The summed E-state index contributed by atoms with van der Waals surface area (Å²) in [6.45, 7) is 8.65. The molecule has 132 valence electrons. The third-order valence-electron chi connectivity index (χ3n) is 5.23. The molecular formula is C17H36N2OS2. The SMILES string of the molecule is CCC[C@@H](C)N[C@@H](C)C(=O)N1[C@H](C)C[C@@H]2CCCC[C@@H]21.S.S.